The molecule has 6 heteroatoms. The van der Waals surface area contributed by atoms with Crippen molar-refractivity contribution in [2.75, 3.05) is 26.9 Å². The molecule has 0 radical (unpaired) electrons. The third-order valence-electron chi connectivity index (χ3n) is 3.23. The van der Waals surface area contributed by atoms with Gasteiger partial charge in [-0.25, -0.2) is 4.79 Å². The van der Waals surface area contributed by atoms with Gasteiger partial charge in [0.15, 0.2) is 0 Å². The van der Waals surface area contributed by atoms with Crippen molar-refractivity contribution < 1.29 is 23.8 Å². The lowest BCUT2D eigenvalue weighted by atomic mass is 9.99. The molecule has 0 bridgehead atoms. The van der Waals surface area contributed by atoms with Gasteiger partial charge >= 0.3 is 5.97 Å². The molecule has 0 aromatic heterocycles. The average Bonchev–Trinajstić information content (AvgIpc) is 2.54. The maximum absolute atomic E-state index is 11.8. The van der Waals surface area contributed by atoms with Crippen LogP contribution >= 0.6 is 0 Å². The first-order valence-corrected chi connectivity index (χ1v) is 7.17. The summed E-state index contributed by atoms with van der Waals surface area (Å²) < 4.78 is 15.4. The molecule has 1 rings (SSSR count). The number of hydrogen-bond donors (Lipinski definition) is 1. The molecule has 6 nitrogen and oxygen atoms in total. The second kappa shape index (κ2) is 9.04. The highest BCUT2D eigenvalue weighted by Gasteiger charge is 2.33. The number of para-hydroxylation sites is 1. The SMILES string of the molecule is CC[C@@](C)(NC(=O)COCCOc1ccccc1)C(=O)OC. The summed E-state index contributed by atoms with van der Waals surface area (Å²) in [5.41, 5.74) is -1.03. The predicted octanol–water partition coefficient (Wildman–Crippen LogP) is 1.54. The van der Waals surface area contributed by atoms with Crippen LogP contribution < -0.4 is 10.1 Å². The van der Waals surface area contributed by atoms with E-state index >= 15 is 0 Å². The summed E-state index contributed by atoms with van der Waals surface area (Å²) in [4.78, 5) is 23.4. The molecule has 1 amide bonds. The fourth-order valence-electron chi connectivity index (χ4n) is 1.75. The van der Waals surface area contributed by atoms with Crippen LogP contribution in [0, 0.1) is 0 Å². The number of carbonyl (C=O) groups is 2. The largest absolute Gasteiger partial charge is 0.491 e. The molecule has 0 saturated carbocycles. The summed E-state index contributed by atoms with van der Waals surface area (Å²) in [5, 5.41) is 2.62. The maximum Gasteiger partial charge on any atom is 0.331 e. The number of esters is 1. The third-order valence-corrected chi connectivity index (χ3v) is 3.23. The van der Waals surface area contributed by atoms with Crippen molar-refractivity contribution in [1.82, 2.24) is 5.32 Å². The Morgan fingerprint density at radius 2 is 1.86 bits per heavy atom. The van der Waals surface area contributed by atoms with Gasteiger partial charge in [-0.1, -0.05) is 25.1 Å². The van der Waals surface area contributed by atoms with Gasteiger partial charge < -0.3 is 19.5 Å². The fourth-order valence-corrected chi connectivity index (χ4v) is 1.75. The van der Waals surface area contributed by atoms with Crippen LogP contribution in [-0.2, 0) is 19.1 Å². The minimum absolute atomic E-state index is 0.134. The summed E-state index contributed by atoms with van der Waals surface area (Å²) in [5.74, 6) is -0.0926. The number of hydrogen-bond acceptors (Lipinski definition) is 5. The van der Waals surface area contributed by atoms with E-state index in [4.69, 9.17) is 9.47 Å². The molecule has 0 aliphatic rings. The molecular formula is C16H23NO5. The number of nitrogens with one attached hydrogen (secondary N) is 1. The van der Waals surface area contributed by atoms with E-state index in [2.05, 4.69) is 10.1 Å². The summed E-state index contributed by atoms with van der Waals surface area (Å²) in [6, 6.07) is 9.34. The number of benzene rings is 1. The highest BCUT2D eigenvalue weighted by Crippen LogP contribution is 2.11. The quantitative estimate of drug-likeness (QED) is 0.553. The monoisotopic (exact) mass is 309 g/mol. The molecule has 1 N–H and O–H groups in total. The average molecular weight is 309 g/mol. The summed E-state index contributed by atoms with van der Waals surface area (Å²) >= 11 is 0. The molecule has 22 heavy (non-hydrogen) atoms. The van der Waals surface area contributed by atoms with E-state index in [-0.39, 0.29) is 19.1 Å². The first kappa shape index (κ1) is 18.0. The first-order valence-electron chi connectivity index (χ1n) is 7.17. The van der Waals surface area contributed by atoms with E-state index < -0.39 is 11.5 Å². The standard InChI is InChI=1S/C16H23NO5/c1-4-16(2,15(19)20-3)17-14(18)12-21-10-11-22-13-8-6-5-7-9-13/h5-9H,4,10-12H2,1-3H3,(H,17,18)/t16-/m1/s1. The fraction of sp³-hybridized carbons (Fsp3) is 0.500. The third kappa shape index (κ3) is 5.73. The lowest BCUT2D eigenvalue weighted by Crippen LogP contribution is -2.53. The Labute approximate surface area is 130 Å². The number of ether oxygens (including phenoxy) is 3. The van der Waals surface area contributed by atoms with Crippen molar-refractivity contribution in [3.63, 3.8) is 0 Å². The second-order valence-electron chi connectivity index (χ2n) is 4.94. The van der Waals surface area contributed by atoms with Crippen LogP contribution in [0.4, 0.5) is 0 Å². The van der Waals surface area contributed by atoms with Crippen molar-refractivity contribution >= 4 is 11.9 Å². The van der Waals surface area contributed by atoms with Crippen LogP contribution in [0.5, 0.6) is 5.75 Å². The normalized spacial score (nSPS) is 13.0. The lowest BCUT2D eigenvalue weighted by Gasteiger charge is -2.26. The zero-order valence-corrected chi connectivity index (χ0v) is 13.3. The number of amides is 1. The second-order valence-corrected chi connectivity index (χ2v) is 4.94. The van der Waals surface area contributed by atoms with Gasteiger partial charge in [0.25, 0.3) is 0 Å². The van der Waals surface area contributed by atoms with E-state index in [1.807, 2.05) is 30.3 Å². The Kier molecular flexibility index (Phi) is 7.39. The van der Waals surface area contributed by atoms with Crippen LogP contribution in [0.15, 0.2) is 30.3 Å². The Balaban J connectivity index is 2.24. The smallest absolute Gasteiger partial charge is 0.331 e. The first-order chi connectivity index (χ1) is 10.5. The summed E-state index contributed by atoms with van der Waals surface area (Å²) in [6.07, 6.45) is 0.433. The molecule has 0 aliphatic heterocycles. The summed E-state index contributed by atoms with van der Waals surface area (Å²) in [7, 11) is 1.29. The number of rotatable bonds is 9. The zero-order valence-electron chi connectivity index (χ0n) is 13.3. The van der Waals surface area contributed by atoms with Gasteiger partial charge in [-0.05, 0) is 25.5 Å². The molecule has 0 aliphatic carbocycles. The molecule has 0 saturated heterocycles. The summed E-state index contributed by atoms with van der Waals surface area (Å²) in [6.45, 7) is 3.91. The van der Waals surface area contributed by atoms with Gasteiger partial charge in [-0.3, -0.25) is 4.79 Å². The van der Waals surface area contributed by atoms with Gasteiger partial charge in [0, 0.05) is 0 Å². The Hall–Kier alpha value is -2.08. The van der Waals surface area contributed by atoms with E-state index in [0.29, 0.717) is 13.0 Å². The lowest BCUT2D eigenvalue weighted by molar-refractivity contribution is -0.151. The van der Waals surface area contributed by atoms with Crippen molar-refractivity contribution in [3.05, 3.63) is 30.3 Å². The molecular weight excluding hydrogens is 286 g/mol. The molecule has 0 heterocycles. The molecule has 0 spiro atoms. The van der Waals surface area contributed by atoms with Gasteiger partial charge in [0.05, 0.1) is 13.7 Å². The Morgan fingerprint density at radius 1 is 1.18 bits per heavy atom. The van der Waals surface area contributed by atoms with Gasteiger partial charge in [0.2, 0.25) is 5.91 Å². The van der Waals surface area contributed by atoms with E-state index in [0.717, 1.165) is 5.75 Å². The molecule has 122 valence electrons. The molecule has 1 aromatic rings. The minimum Gasteiger partial charge on any atom is -0.491 e. The van der Waals surface area contributed by atoms with Crippen molar-refractivity contribution in [2.24, 2.45) is 0 Å². The highest BCUT2D eigenvalue weighted by atomic mass is 16.5. The predicted molar refractivity (Wildman–Crippen MR) is 81.6 cm³/mol. The van der Waals surface area contributed by atoms with Gasteiger partial charge in [0.1, 0.15) is 24.5 Å². The zero-order chi connectivity index (χ0) is 16.4. The van der Waals surface area contributed by atoms with Crippen LogP contribution in [0.1, 0.15) is 20.3 Å². The van der Waals surface area contributed by atoms with Crippen LogP contribution in [0.3, 0.4) is 0 Å². The van der Waals surface area contributed by atoms with E-state index in [1.165, 1.54) is 7.11 Å². The topological polar surface area (TPSA) is 73.9 Å². The van der Waals surface area contributed by atoms with Crippen molar-refractivity contribution in [3.8, 4) is 5.75 Å². The Morgan fingerprint density at radius 3 is 2.45 bits per heavy atom. The maximum atomic E-state index is 11.8. The van der Waals surface area contributed by atoms with Gasteiger partial charge in [-0.2, -0.15) is 0 Å². The van der Waals surface area contributed by atoms with E-state index in [1.54, 1.807) is 13.8 Å². The molecule has 0 fully saturated rings. The number of carbonyl (C=O) groups excluding carboxylic acids is 2. The van der Waals surface area contributed by atoms with Crippen LogP contribution in [-0.4, -0.2) is 44.3 Å². The van der Waals surface area contributed by atoms with Crippen molar-refractivity contribution in [1.29, 1.82) is 0 Å². The Bertz CT molecular complexity index is 477. The molecule has 1 aromatic carbocycles. The van der Waals surface area contributed by atoms with Crippen LogP contribution in [0.2, 0.25) is 0 Å². The molecule has 1 atom stereocenters. The molecule has 0 unspecified atom stereocenters. The van der Waals surface area contributed by atoms with E-state index in [9.17, 15) is 9.59 Å². The van der Waals surface area contributed by atoms with Crippen LogP contribution in [0.25, 0.3) is 0 Å². The highest BCUT2D eigenvalue weighted by molar-refractivity contribution is 5.88. The van der Waals surface area contributed by atoms with Crippen molar-refractivity contribution in [2.45, 2.75) is 25.8 Å². The number of methoxy groups -OCH3 is 1. The minimum atomic E-state index is -1.03. The van der Waals surface area contributed by atoms with Gasteiger partial charge in [-0.15, -0.1) is 0 Å².